The van der Waals surface area contributed by atoms with Gasteiger partial charge in [-0.1, -0.05) is 38.0 Å². The molecule has 0 aliphatic rings. The normalized spacial score (nSPS) is 12.2. The van der Waals surface area contributed by atoms with Crippen molar-refractivity contribution in [1.29, 1.82) is 0 Å². The number of imidazole rings is 1. The van der Waals surface area contributed by atoms with E-state index in [-0.39, 0.29) is 5.41 Å². The molecule has 0 bridgehead atoms. The highest BCUT2D eigenvalue weighted by Gasteiger charge is 2.26. The molecular formula is C18H27N3. The molecule has 21 heavy (non-hydrogen) atoms. The SMILES string of the molecule is Cc1cc(C)cc(-c2nc(C(C)(C)C)n(C(C)C)c2N)c1. The number of nitrogens with zero attached hydrogens (tertiary/aromatic N) is 2. The van der Waals surface area contributed by atoms with Gasteiger partial charge in [-0.3, -0.25) is 0 Å². The maximum absolute atomic E-state index is 6.43. The topological polar surface area (TPSA) is 43.8 Å². The molecule has 114 valence electrons. The van der Waals surface area contributed by atoms with Gasteiger partial charge in [-0.2, -0.15) is 0 Å². The van der Waals surface area contributed by atoms with Crippen molar-refractivity contribution in [3.8, 4) is 11.3 Å². The van der Waals surface area contributed by atoms with Crippen LogP contribution in [0.4, 0.5) is 5.82 Å². The van der Waals surface area contributed by atoms with E-state index in [4.69, 9.17) is 10.7 Å². The maximum Gasteiger partial charge on any atom is 0.131 e. The predicted molar refractivity (Wildman–Crippen MR) is 90.6 cm³/mol. The second kappa shape index (κ2) is 5.21. The molecular weight excluding hydrogens is 258 g/mol. The maximum atomic E-state index is 6.43. The number of aromatic nitrogens is 2. The molecule has 0 saturated heterocycles. The molecule has 1 aromatic carbocycles. The molecule has 0 unspecified atom stereocenters. The van der Waals surface area contributed by atoms with Crippen LogP contribution in [0.2, 0.25) is 0 Å². The number of hydrogen-bond acceptors (Lipinski definition) is 2. The smallest absolute Gasteiger partial charge is 0.131 e. The van der Waals surface area contributed by atoms with E-state index in [0.29, 0.717) is 6.04 Å². The minimum absolute atomic E-state index is 0.0322. The number of hydrogen-bond donors (Lipinski definition) is 1. The number of nitrogens with two attached hydrogens (primary N) is 1. The third-order valence-corrected chi connectivity index (χ3v) is 3.63. The van der Waals surface area contributed by atoms with E-state index >= 15 is 0 Å². The lowest BCUT2D eigenvalue weighted by Crippen LogP contribution is -2.21. The van der Waals surface area contributed by atoms with Crippen molar-refractivity contribution in [2.24, 2.45) is 0 Å². The van der Waals surface area contributed by atoms with Crippen molar-refractivity contribution < 1.29 is 0 Å². The molecule has 0 radical (unpaired) electrons. The second-order valence-corrected chi connectivity index (χ2v) is 7.26. The minimum Gasteiger partial charge on any atom is -0.383 e. The predicted octanol–water partition coefficient (Wildman–Crippen LogP) is 4.63. The summed E-state index contributed by atoms with van der Waals surface area (Å²) in [5.41, 5.74) is 10.9. The summed E-state index contributed by atoms with van der Waals surface area (Å²) in [6, 6.07) is 6.78. The first-order valence-electron chi connectivity index (χ1n) is 7.58. The Labute approximate surface area is 128 Å². The summed E-state index contributed by atoms with van der Waals surface area (Å²) >= 11 is 0. The van der Waals surface area contributed by atoms with E-state index in [2.05, 4.69) is 71.2 Å². The molecule has 0 fully saturated rings. The number of nitrogen functional groups attached to an aromatic ring is 1. The Hall–Kier alpha value is -1.77. The van der Waals surface area contributed by atoms with Crippen molar-refractivity contribution in [3.05, 3.63) is 35.2 Å². The Balaban J connectivity index is 2.71. The van der Waals surface area contributed by atoms with Crippen LogP contribution in [0.3, 0.4) is 0 Å². The third-order valence-electron chi connectivity index (χ3n) is 3.63. The van der Waals surface area contributed by atoms with E-state index in [1.165, 1.54) is 11.1 Å². The summed E-state index contributed by atoms with van der Waals surface area (Å²) < 4.78 is 2.16. The van der Waals surface area contributed by atoms with Crippen LogP contribution in [0.25, 0.3) is 11.3 Å². The molecule has 0 amide bonds. The number of anilines is 1. The van der Waals surface area contributed by atoms with Crippen LogP contribution in [-0.2, 0) is 5.41 Å². The molecule has 2 N–H and O–H groups in total. The van der Waals surface area contributed by atoms with Gasteiger partial charge in [0.15, 0.2) is 0 Å². The molecule has 3 nitrogen and oxygen atoms in total. The zero-order valence-electron chi connectivity index (χ0n) is 14.3. The van der Waals surface area contributed by atoms with E-state index in [9.17, 15) is 0 Å². The first-order chi connectivity index (χ1) is 9.61. The molecule has 0 saturated carbocycles. The van der Waals surface area contributed by atoms with Crippen LogP contribution >= 0.6 is 0 Å². The van der Waals surface area contributed by atoms with Gasteiger partial charge in [0.05, 0.1) is 0 Å². The highest BCUT2D eigenvalue weighted by atomic mass is 15.2. The van der Waals surface area contributed by atoms with Crippen molar-refractivity contribution in [2.75, 3.05) is 5.73 Å². The summed E-state index contributed by atoms with van der Waals surface area (Å²) in [5, 5.41) is 0. The van der Waals surface area contributed by atoms with E-state index in [1.54, 1.807) is 0 Å². The van der Waals surface area contributed by atoms with Crippen LogP contribution in [0.5, 0.6) is 0 Å². The average Bonchev–Trinajstić information content (AvgIpc) is 2.65. The Bertz CT molecular complexity index is 638. The summed E-state index contributed by atoms with van der Waals surface area (Å²) in [6.45, 7) is 15.1. The molecule has 0 atom stereocenters. The monoisotopic (exact) mass is 285 g/mol. The summed E-state index contributed by atoms with van der Waals surface area (Å²) in [7, 11) is 0. The van der Waals surface area contributed by atoms with Crippen LogP contribution in [0.15, 0.2) is 18.2 Å². The van der Waals surface area contributed by atoms with Crippen LogP contribution in [0, 0.1) is 13.8 Å². The first kappa shape index (κ1) is 15.6. The zero-order chi connectivity index (χ0) is 15.9. The quantitative estimate of drug-likeness (QED) is 0.874. The first-order valence-corrected chi connectivity index (χ1v) is 7.58. The molecule has 0 aliphatic heterocycles. The highest BCUT2D eigenvalue weighted by molar-refractivity contribution is 5.72. The lowest BCUT2D eigenvalue weighted by atomic mass is 9.95. The van der Waals surface area contributed by atoms with Gasteiger partial charge in [0.25, 0.3) is 0 Å². The van der Waals surface area contributed by atoms with Gasteiger partial charge in [-0.05, 0) is 39.8 Å². The fourth-order valence-corrected chi connectivity index (χ4v) is 2.82. The Kier molecular flexibility index (Phi) is 3.87. The molecule has 2 rings (SSSR count). The van der Waals surface area contributed by atoms with Crippen molar-refractivity contribution in [1.82, 2.24) is 9.55 Å². The van der Waals surface area contributed by atoms with Crippen molar-refractivity contribution >= 4 is 5.82 Å². The summed E-state index contributed by atoms with van der Waals surface area (Å²) in [6.07, 6.45) is 0. The Morgan fingerprint density at radius 2 is 1.57 bits per heavy atom. The Morgan fingerprint density at radius 3 is 1.95 bits per heavy atom. The van der Waals surface area contributed by atoms with Crippen LogP contribution in [-0.4, -0.2) is 9.55 Å². The standard InChI is InChI=1S/C18H27N3/c1-11(2)21-16(19)15(20-17(21)18(5,6)7)14-9-12(3)8-13(4)10-14/h8-11H,19H2,1-7H3. The van der Waals surface area contributed by atoms with Gasteiger partial charge in [0, 0.05) is 17.0 Å². The average molecular weight is 285 g/mol. The highest BCUT2D eigenvalue weighted by Crippen LogP contribution is 2.34. The van der Waals surface area contributed by atoms with Crippen LogP contribution in [0.1, 0.15) is 57.6 Å². The van der Waals surface area contributed by atoms with Gasteiger partial charge in [-0.25, -0.2) is 4.98 Å². The van der Waals surface area contributed by atoms with Gasteiger partial charge in [0.1, 0.15) is 17.3 Å². The molecule has 3 heteroatoms. The van der Waals surface area contributed by atoms with Gasteiger partial charge in [-0.15, -0.1) is 0 Å². The van der Waals surface area contributed by atoms with Gasteiger partial charge < -0.3 is 10.3 Å². The number of aryl methyl sites for hydroxylation is 2. The van der Waals surface area contributed by atoms with E-state index < -0.39 is 0 Å². The minimum atomic E-state index is -0.0322. The Morgan fingerprint density at radius 1 is 1.05 bits per heavy atom. The largest absolute Gasteiger partial charge is 0.383 e. The fraction of sp³-hybridized carbons (Fsp3) is 0.500. The molecule has 0 aliphatic carbocycles. The van der Waals surface area contributed by atoms with Gasteiger partial charge >= 0.3 is 0 Å². The molecule has 0 spiro atoms. The molecule has 1 aromatic heterocycles. The van der Waals surface area contributed by atoms with E-state index in [0.717, 1.165) is 22.9 Å². The lowest BCUT2D eigenvalue weighted by Gasteiger charge is -2.22. The number of rotatable bonds is 2. The van der Waals surface area contributed by atoms with Crippen molar-refractivity contribution in [2.45, 2.75) is 59.9 Å². The van der Waals surface area contributed by atoms with Crippen LogP contribution < -0.4 is 5.73 Å². The molecule has 2 aromatic rings. The lowest BCUT2D eigenvalue weighted by molar-refractivity contribution is 0.473. The molecule has 1 heterocycles. The second-order valence-electron chi connectivity index (χ2n) is 7.26. The van der Waals surface area contributed by atoms with Crippen molar-refractivity contribution in [3.63, 3.8) is 0 Å². The van der Waals surface area contributed by atoms with Gasteiger partial charge in [0.2, 0.25) is 0 Å². The third kappa shape index (κ3) is 2.97. The fourth-order valence-electron chi connectivity index (χ4n) is 2.82. The zero-order valence-corrected chi connectivity index (χ0v) is 14.3. The number of benzene rings is 1. The summed E-state index contributed by atoms with van der Waals surface area (Å²) in [5.74, 6) is 1.81. The summed E-state index contributed by atoms with van der Waals surface area (Å²) in [4.78, 5) is 4.89. The van der Waals surface area contributed by atoms with E-state index in [1.807, 2.05) is 0 Å².